The first-order valence-corrected chi connectivity index (χ1v) is 9.77. The quantitative estimate of drug-likeness (QED) is 0.886. The molecular formula is C18H20N2OS2. The van der Waals surface area contributed by atoms with Crippen LogP contribution >= 0.6 is 23.1 Å². The monoisotopic (exact) mass is 344 g/mol. The first kappa shape index (κ1) is 15.2. The van der Waals surface area contributed by atoms with Crippen molar-refractivity contribution in [2.75, 3.05) is 0 Å². The molecule has 23 heavy (non-hydrogen) atoms. The summed E-state index contributed by atoms with van der Waals surface area (Å²) in [5.41, 5.74) is 2.05. The van der Waals surface area contributed by atoms with E-state index in [1.165, 1.54) is 27.5 Å². The molecule has 2 aliphatic heterocycles. The van der Waals surface area contributed by atoms with Gasteiger partial charge in [-0.3, -0.25) is 4.79 Å². The molecular weight excluding hydrogens is 324 g/mol. The molecule has 1 aromatic heterocycles. The van der Waals surface area contributed by atoms with Crippen LogP contribution in [0, 0.1) is 6.92 Å². The molecule has 120 valence electrons. The average Bonchev–Trinajstić information content (AvgIpc) is 3.25. The maximum absolute atomic E-state index is 12.4. The summed E-state index contributed by atoms with van der Waals surface area (Å²) in [6.45, 7) is 2.11. The number of hydrogen-bond donors (Lipinski definition) is 2. The number of benzene rings is 1. The lowest BCUT2D eigenvalue weighted by Crippen LogP contribution is -2.42. The summed E-state index contributed by atoms with van der Waals surface area (Å²) < 4.78 is 1.28. The van der Waals surface area contributed by atoms with Gasteiger partial charge in [0.15, 0.2) is 0 Å². The van der Waals surface area contributed by atoms with Crippen LogP contribution in [0.5, 0.6) is 0 Å². The summed E-state index contributed by atoms with van der Waals surface area (Å²) in [5.74, 6) is 0.0490. The fourth-order valence-electron chi connectivity index (χ4n) is 3.48. The summed E-state index contributed by atoms with van der Waals surface area (Å²) in [5, 5.41) is 8.91. The maximum Gasteiger partial charge on any atom is 0.251 e. The van der Waals surface area contributed by atoms with Crippen LogP contribution in [0.1, 0.15) is 35.2 Å². The highest BCUT2D eigenvalue weighted by molar-refractivity contribution is 8.01. The second kappa shape index (κ2) is 6.30. The van der Waals surface area contributed by atoms with E-state index in [0.29, 0.717) is 18.1 Å². The van der Waals surface area contributed by atoms with Gasteiger partial charge < -0.3 is 10.6 Å². The fourth-order valence-corrected chi connectivity index (χ4v) is 5.48. The number of thiophene rings is 1. The molecule has 2 aliphatic rings. The normalized spacial score (nSPS) is 25.7. The Balaban J connectivity index is 1.38. The minimum atomic E-state index is 0.0490. The molecule has 3 unspecified atom stereocenters. The molecule has 3 nitrogen and oxygen atoms in total. The van der Waals surface area contributed by atoms with Crippen molar-refractivity contribution in [1.29, 1.82) is 0 Å². The third-order valence-corrected chi connectivity index (χ3v) is 6.86. The third-order valence-electron chi connectivity index (χ3n) is 4.66. The fraction of sp³-hybridized carbons (Fsp3) is 0.389. The van der Waals surface area contributed by atoms with Crippen molar-refractivity contribution < 1.29 is 4.79 Å². The molecule has 0 saturated carbocycles. The highest BCUT2D eigenvalue weighted by Crippen LogP contribution is 2.33. The Morgan fingerprint density at radius 3 is 2.74 bits per heavy atom. The molecule has 2 N–H and O–H groups in total. The number of aryl methyl sites for hydroxylation is 1. The van der Waals surface area contributed by atoms with Gasteiger partial charge in [0.2, 0.25) is 0 Å². The second-order valence-corrected chi connectivity index (χ2v) is 8.72. The van der Waals surface area contributed by atoms with E-state index in [9.17, 15) is 4.79 Å². The van der Waals surface area contributed by atoms with E-state index in [0.717, 1.165) is 12.0 Å². The Kier molecular flexibility index (Phi) is 4.18. The Morgan fingerprint density at radius 1 is 1.30 bits per heavy atom. The SMILES string of the molecule is Cc1csc(Sc2ccc(C(=O)NC3CC4CCC3N4)cc2)c1. The highest BCUT2D eigenvalue weighted by atomic mass is 32.2. The summed E-state index contributed by atoms with van der Waals surface area (Å²) in [6, 6.07) is 11.5. The molecule has 5 heteroatoms. The van der Waals surface area contributed by atoms with Crippen LogP contribution in [0.4, 0.5) is 0 Å². The zero-order valence-corrected chi connectivity index (χ0v) is 14.7. The minimum absolute atomic E-state index is 0.0490. The highest BCUT2D eigenvalue weighted by Gasteiger charge is 2.39. The van der Waals surface area contributed by atoms with Crippen molar-refractivity contribution in [2.24, 2.45) is 0 Å². The van der Waals surface area contributed by atoms with E-state index in [1.54, 1.807) is 23.1 Å². The van der Waals surface area contributed by atoms with Crippen LogP contribution in [0.2, 0.25) is 0 Å². The lowest BCUT2D eigenvalue weighted by atomic mass is 9.95. The van der Waals surface area contributed by atoms with Gasteiger partial charge in [0, 0.05) is 28.6 Å². The molecule has 0 spiro atoms. The summed E-state index contributed by atoms with van der Waals surface area (Å²) >= 11 is 3.51. The predicted molar refractivity (Wildman–Crippen MR) is 95.4 cm³/mol. The van der Waals surface area contributed by atoms with Gasteiger partial charge in [-0.05, 0) is 67.5 Å². The smallest absolute Gasteiger partial charge is 0.251 e. The lowest BCUT2D eigenvalue weighted by Gasteiger charge is -2.21. The first-order valence-electron chi connectivity index (χ1n) is 8.07. The third kappa shape index (κ3) is 3.32. The van der Waals surface area contributed by atoms with E-state index in [2.05, 4.69) is 29.0 Å². The lowest BCUT2D eigenvalue weighted by molar-refractivity contribution is 0.0931. The molecule has 1 aromatic carbocycles. The number of hydrogen-bond acceptors (Lipinski definition) is 4. The van der Waals surface area contributed by atoms with Gasteiger partial charge in [-0.1, -0.05) is 11.8 Å². The minimum Gasteiger partial charge on any atom is -0.348 e. The van der Waals surface area contributed by atoms with E-state index in [-0.39, 0.29) is 5.91 Å². The van der Waals surface area contributed by atoms with Crippen LogP contribution in [-0.4, -0.2) is 24.0 Å². The number of fused-ring (bicyclic) bond motifs is 2. The van der Waals surface area contributed by atoms with Crippen molar-refractivity contribution in [3.05, 3.63) is 46.8 Å². The molecule has 2 aromatic rings. The maximum atomic E-state index is 12.4. The van der Waals surface area contributed by atoms with Gasteiger partial charge in [0.25, 0.3) is 5.91 Å². The number of carbonyl (C=O) groups is 1. The predicted octanol–water partition coefficient (Wildman–Crippen LogP) is 3.83. The van der Waals surface area contributed by atoms with Gasteiger partial charge in [-0.2, -0.15) is 0 Å². The van der Waals surface area contributed by atoms with Crippen LogP contribution in [-0.2, 0) is 0 Å². The van der Waals surface area contributed by atoms with Crippen LogP contribution in [0.15, 0.2) is 44.8 Å². The molecule has 3 atom stereocenters. The van der Waals surface area contributed by atoms with Gasteiger partial charge in [0.1, 0.15) is 0 Å². The van der Waals surface area contributed by atoms with E-state index < -0.39 is 0 Å². The van der Waals surface area contributed by atoms with Crippen LogP contribution in [0.25, 0.3) is 0 Å². The molecule has 3 heterocycles. The van der Waals surface area contributed by atoms with E-state index in [4.69, 9.17) is 0 Å². The van der Waals surface area contributed by atoms with E-state index >= 15 is 0 Å². The average molecular weight is 345 g/mol. The standard InChI is InChI=1S/C18H20N2OS2/c1-11-8-17(22-10-11)23-14-5-2-12(3-6-14)18(21)20-16-9-13-4-7-15(16)19-13/h2-3,5-6,8,10,13,15-16,19H,4,7,9H2,1H3,(H,20,21). The van der Waals surface area contributed by atoms with Crippen LogP contribution in [0.3, 0.4) is 0 Å². The Hall–Kier alpha value is -1.30. The molecule has 2 bridgehead atoms. The largest absolute Gasteiger partial charge is 0.348 e. The Morgan fingerprint density at radius 2 is 2.13 bits per heavy atom. The number of rotatable bonds is 4. The topological polar surface area (TPSA) is 41.1 Å². The van der Waals surface area contributed by atoms with Crippen molar-refractivity contribution in [1.82, 2.24) is 10.6 Å². The molecule has 2 saturated heterocycles. The van der Waals surface area contributed by atoms with Crippen molar-refractivity contribution in [3.63, 3.8) is 0 Å². The zero-order valence-electron chi connectivity index (χ0n) is 13.0. The summed E-state index contributed by atoms with van der Waals surface area (Å²) in [7, 11) is 0. The Labute approximate surface area is 144 Å². The molecule has 1 amide bonds. The molecule has 0 aliphatic carbocycles. The van der Waals surface area contributed by atoms with Gasteiger partial charge in [-0.25, -0.2) is 0 Å². The second-order valence-electron chi connectivity index (χ2n) is 6.43. The van der Waals surface area contributed by atoms with Gasteiger partial charge >= 0.3 is 0 Å². The van der Waals surface area contributed by atoms with E-state index in [1.807, 2.05) is 24.3 Å². The molecule has 0 radical (unpaired) electrons. The Bertz CT molecular complexity index is 710. The number of nitrogens with one attached hydrogen (secondary N) is 2. The van der Waals surface area contributed by atoms with Crippen molar-refractivity contribution >= 4 is 29.0 Å². The van der Waals surface area contributed by atoms with Crippen molar-refractivity contribution in [2.45, 2.75) is 53.4 Å². The van der Waals surface area contributed by atoms with Crippen molar-refractivity contribution in [3.8, 4) is 0 Å². The summed E-state index contributed by atoms with van der Waals surface area (Å²) in [6.07, 6.45) is 3.51. The molecule has 4 rings (SSSR count). The first-order chi connectivity index (χ1) is 11.2. The van der Waals surface area contributed by atoms with Gasteiger partial charge in [-0.15, -0.1) is 11.3 Å². The van der Waals surface area contributed by atoms with Gasteiger partial charge in [0.05, 0.1) is 4.21 Å². The van der Waals surface area contributed by atoms with Crippen LogP contribution < -0.4 is 10.6 Å². The zero-order chi connectivity index (χ0) is 15.8. The molecule has 2 fully saturated rings. The number of carbonyl (C=O) groups excluding carboxylic acids is 1. The number of amides is 1. The summed E-state index contributed by atoms with van der Waals surface area (Å²) in [4.78, 5) is 13.6.